The van der Waals surface area contributed by atoms with E-state index in [-0.39, 0.29) is 17.4 Å². The largest absolute Gasteiger partial charge is 0.342 e. The maximum Gasteiger partial charge on any atom is 0.250 e. The number of hydrogen-bond acceptors (Lipinski definition) is 3. The van der Waals surface area contributed by atoms with Gasteiger partial charge in [-0.3, -0.25) is 14.3 Å². The molecule has 4 aliphatic rings. The summed E-state index contributed by atoms with van der Waals surface area (Å²) in [5.41, 5.74) is 5.60. The molecule has 2 aliphatic carbocycles. The van der Waals surface area contributed by atoms with Crippen molar-refractivity contribution in [1.29, 1.82) is 0 Å². The maximum absolute atomic E-state index is 13.1. The van der Waals surface area contributed by atoms with E-state index in [0.717, 1.165) is 49.8 Å². The van der Waals surface area contributed by atoms with E-state index >= 15 is 0 Å². The highest BCUT2D eigenvalue weighted by molar-refractivity contribution is 5.76. The zero-order chi connectivity index (χ0) is 20.8. The molecule has 6 heteroatoms. The summed E-state index contributed by atoms with van der Waals surface area (Å²) in [4.78, 5) is 27.3. The smallest absolute Gasteiger partial charge is 0.250 e. The molecule has 4 atom stereocenters. The van der Waals surface area contributed by atoms with E-state index in [1.54, 1.807) is 6.07 Å². The predicted molar refractivity (Wildman–Crippen MR) is 113 cm³/mol. The van der Waals surface area contributed by atoms with Crippen LogP contribution in [-0.2, 0) is 24.3 Å². The molecule has 1 saturated heterocycles. The van der Waals surface area contributed by atoms with E-state index in [9.17, 15) is 9.59 Å². The molecule has 2 aliphatic heterocycles. The fourth-order valence-corrected chi connectivity index (χ4v) is 6.81. The first-order valence-corrected chi connectivity index (χ1v) is 11.4. The van der Waals surface area contributed by atoms with Crippen LogP contribution in [0.4, 0.5) is 0 Å². The number of carbonyl (C=O) groups excluding carboxylic acids is 1. The summed E-state index contributed by atoms with van der Waals surface area (Å²) >= 11 is 0. The minimum absolute atomic E-state index is 0.0890. The van der Waals surface area contributed by atoms with Gasteiger partial charge in [-0.15, -0.1) is 0 Å². The maximum atomic E-state index is 13.1. The standard InChI is InChI=1S/C24H30N4O2/c1-14-22-19(10-17-23(22)24(17,2)3)28(25-14)8-7-20(29)26-11-15-9-16(13-26)18-5-4-6-21(30)27(18)12-15/h4-6,15-17,23H,7-13H2,1-3H3. The van der Waals surface area contributed by atoms with Gasteiger partial charge in [-0.05, 0) is 49.0 Å². The second-order valence-electron chi connectivity index (χ2n) is 10.5. The number of pyridine rings is 1. The van der Waals surface area contributed by atoms with Crippen LogP contribution in [-0.4, -0.2) is 38.2 Å². The van der Waals surface area contributed by atoms with Crippen LogP contribution < -0.4 is 5.56 Å². The molecule has 4 heterocycles. The van der Waals surface area contributed by atoms with Crippen molar-refractivity contribution < 1.29 is 4.79 Å². The van der Waals surface area contributed by atoms with Gasteiger partial charge < -0.3 is 9.47 Å². The van der Waals surface area contributed by atoms with Crippen molar-refractivity contribution >= 4 is 5.91 Å². The number of fused-ring (bicyclic) bond motifs is 7. The van der Waals surface area contributed by atoms with Gasteiger partial charge in [0.2, 0.25) is 5.91 Å². The lowest BCUT2D eigenvalue weighted by molar-refractivity contribution is -0.134. The second kappa shape index (κ2) is 6.08. The lowest BCUT2D eigenvalue weighted by atomic mass is 9.83. The van der Waals surface area contributed by atoms with Gasteiger partial charge in [-0.25, -0.2) is 0 Å². The van der Waals surface area contributed by atoms with Crippen molar-refractivity contribution in [2.75, 3.05) is 13.1 Å². The predicted octanol–water partition coefficient (Wildman–Crippen LogP) is 2.68. The van der Waals surface area contributed by atoms with Gasteiger partial charge in [0.25, 0.3) is 5.56 Å². The molecule has 158 valence electrons. The molecule has 1 amide bonds. The van der Waals surface area contributed by atoms with Crippen LogP contribution in [0.2, 0.25) is 0 Å². The van der Waals surface area contributed by atoms with Gasteiger partial charge in [-0.1, -0.05) is 19.9 Å². The third kappa shape index (κ3) is 2.51. The van der Waals surface area contributed by atoms with Crippen LogP contribution in [0.5, 0.6) is 0 Å². The average Bonchev–Trinajstić information content (AvgIpc) is 3.02. The molecule has 0 N–H and O–H groups in total. The highest BCUT2D eigenvalue weighted by Crippen LogP contribution is 2.70. The number of hydrogen-bond donors (Lipinski definition) is 0. The van der Waals surface area contributed by atoms with Gasteiger partial charge in [0, 0.05) is 61.5 Å². The fourth-order valence-electron chi connectivity index (χ4n) is 6.81. The molecule has 2 aromatic rings. The number of piperidine rings is 1. The minimum atomic E-state index is 0.0890. The Bertz CT molecular complexity index is 1110. The van der Waals surface area contributed by atoms with Gasteiger partial charge in [0.05, 0.1) is 5.69 Å². The Morgan fingerprint density at radius 2 is 2.07 bits per heavy atom. The number of likely N-dealkylation sites (tertiary alicyclic amines) is 1. The van der Waals surface area contributed by atoms with Crippen molar-refractivity contribution in [3.63, 3.8) is 0 Å². The first-order valence-electron chi connectivity index (χ1n) is 11.4. The zero-order valence-electron chi connectivity index (χ0n) is 18.1. The molecule has 2 aromatic heterocycles. The van der Waals surface area contributed by atoms with E-state index in [1.165, 1.54) is 11.3 Å². The molecule has 0 spiro atoms. The molecule has 2 fully saturated rings. The number of rotatable bonds is 3. The van der Waals surface area contributed by atoms with Crippen LogP contribution in [0.3, 0.4) is 0 Å². The highest BCUT2D eigenvalue weighted by Gasteiger charge is 2.63. The lowest BCUT2D eigenvalue weighted by Gasteiger charge is -2.42. The van der Waals surface area contributed by atoms with Crippen molar-refractivity contribution in [3.8, 4) is 0 Å². The summed E-state index contributed by atoms with van der Waals surface area (Å²) in [7, 11) is 0. The number of nitrogens with zero attached hydrogens (tertiary/aromatic N) is 4. The summed E-state index contributed by atoms with van der Waals surface area (Å²) in [5, 5.41) is 4.80. The van der Waals surface area contributed by atoms with Crippen LogP contribution in [0.15, 0.2) is 23.0 Å². The van der Waals surface area contributed by atoms with Gasteiger partial charge in [0.1, 0.15) is 0 Å². The quantitative estimate of drug-likeness (QED) is 0.787. The van der Waals surface area contributed by atoms with Crippen LogP contribution in [0.1, 0.15) is 61.2 Å². The van der Waals surface area contributed by atoms with E-state index in [4.69, 9.17) is 5.10 Å². The first-order chi connectivity index (χ1) is 14.3. The Balaban J connectivity index is 1.15. The number of amides is 1. The Morgan fingerprint density at radius 1 is 1.23 bits per heavy atom. The van der Waals surface area contributed by atoms with Crippen LogP contribution in [0, 0.1) is 24.2 Å². The monoisotopic (exact) mass is 406 g/mol. The molecule has 0 aromatic carbocycles. The number of carbonyl (C=O) groups is 1. The Hall–Kier alpha value is -2.37. The van der Waals surface area contributed by atoms with Gasteiger partial charge >= 0.3 is 0 Å². The van der Waals surface area contributed by atoms with E-state index in [2.05, 4.69) is 31.5 Å². The van der Waals surface area contributed by atoms with E-state index in [0.29, 0.717) is 30.2 Å². The van der Waals surface area contributed by atoms with Gasteiger partial charge in [-0.2, -0.15) is 5.10 Å². The Kier molecular flexibility index (Phi) is 3.73. The van der Waals surface area contributed by atoms with Crippen LogP contribution >= 0.6 is 0 Å². The van der Waals surface area contributed by atoms with E-state index < -0.39 is 0 Å². The van der Waals surface area contributed by atoms with Crippen LogP contribution in [0.25, 0.3) is 0 Å². The molecule has 4 unspecified atom stereocenters. The average molecular weight is 407 g/mol. The Labute approximate surface area is 176 Å². The molecule has 6 rings (SSSR count). The topological polar surface area (TPSA) is 60.1 Å². The minimum Gasteiger partial charge on any atom is -0.342 e. The SMILES string of the molecule is Cc1nn(CCC(=O)N2CC3CC(C2)c2cccc(=O)n2C3)c2c1C1C(C2)C1(C)C. The zero-order valence-corrected chi connectivity index (χ0v) is 18.1. The first kappa shape index (κ1) is 18.4. The highest BCUT2D eigenvalue weighted by atomic mass is 16.2. The molecule has 6 nitrogen and oxygen atoms in total. The summed E-state index contributed by atoms with van der Waals surface area (Å²) in [6.45, 7) is 9.77. The number of aryl methyl sites for hydroxylation is 2. The summed E-state index contributed by atoms with van der Waals surface area (Å²) in [6.07, 6.45) is 2.70. The molecular formula is C24H30N4O2. The number of aromatic nitrogens is 3. The second-order valence-corrected chi connectivity index (χ2v) is 10.5. The molecular weight excluding hydrogens is 376 g/mol. The van der Waals surface area contributed by atoms with Gasteiger partial charge in [0.15, 0.2) is 0 Å². The van der Waals surface area contributed by atoms with Crippen molar-refractivity contribution in [2.45, 2.75) is 65.0 Å². The third-order valence-corrected chi connectivity index (χ3v) is 8.43. The summed E-state index contributed by atoms with van der Waals surface area (Å²) in [5.74, 6) is 2.31. The van der Waals surface area contributed by atoms with Crippen molar-refractivity contribution in [3.05, 3.63) is 51.2 Å². The van der Waals surface area contributed by atoms with E-state index in [1.807, 2.05) is 15.5 Å². The summed E-state index contributed by atoms with van der Waals surface area (Å²) < 4.78 is 4.04. The summed E-state index contributed by atoms with van der Waals surface area (Å²) in [6, 6.07) is 5.55. The Morgan fingerprint density at radius 3 is 2.90 bits per heavy atom. The fraction of sp³-hybridized carbons (Fsp3) is 0.625. The third-order valence-electron chi connectivity index (χ3n) is 8.43. The lowest BCUT2D eigenvalue weighted by Crippen LogP contribution is -2.49. The van der Waals surface area contributed by atoms with Crippen molar-refractivity contribution in [2.24, 2.45) is 17.3 Å². The normalized spacial score (nSPS) is 29.9. The molecule has 0 radical (unpaired) electrons. The molecule has 1 saturated carbocycles. The molecule has 30 heavy (non-hydrogen) atoms. The van der Waals surface area contributed by atoms with Crippen molar-refractivity contribution in [1.82, 2.24) is 19.2 Å². The molecule has 2 bridgehead atoms.